The number of hydrogen-bond donors (Lipinski definition) is 2. The Morgan fingerprint density at radius 1 is 0.900 bits per heavy atom. The molecule has 0 aliphatic carbocycles. The maximum Gasteiger partial charge on any atom is 0.331 e. The summed E-state index contributed by atoms with van der Waals surface area (Å²) in [6, 6.07) is 0. The van der Waals surface area contributed by atoms with E-state index in [4.69, 9.17) is 5.11 Å². The van der Waals surface area contributed by atoms with E-state index in [1.54, 1.807) is 0 Å². The molecule has 0 aromatic carbocycles. The third-order valence-electron chi connectivity index (χ3n) is 3.62. The normalized spacial score (nSPS) is 10.6. The van der Waals surface area contributed by atoms with Crippen LogP contribution in [0.4, 0.5) is 0 Å². The van der Waals surface area contributed by atoms with Crippen LogP contribution in [0.3, 0.4) is 0 Å². The van der Waals surface area contributed by atoms with Gasteiger partial charge in [0.25, 0.3) is 0 Å². The molecule has 0 aliphatic rings. The second kappa shape index (κ2) is 13.2. The molecular formula is C17H33NO2. The number of carboxylic acid groups (broad SMARTS) is 1. The summed E-state index contributed by atoms with van der Waals surface area (Å²) in [6.45, 7) is 7.74. The summed E-state index contributed by atoms with van der Waals surface area (Å²) in [7, 11) is 0. The van der Waals surface area contributed by atoms with Crippen molar-refractivity contribution in [3.8, 4) is 0 Å². The van der Waals surface area contributed by atoms with Gasteiger partial charge in [-0.2, -0.15) is 0 Å². The van der Waals surface area contributed by atoms with Crippen molar-refractivity contribution >= 4 is 5.97 Å². The summed E-state index contributed by atoms with van der Waals surface area (Å²) in [5, 5.41) is 12.4. The van der Waals surface area contributed by atoms with Crippen molar-refractivity contribution in [2.45, 2.75) is 78.6 Å². The Morgan fingerprint density at radius 2 is 1.45 bits per heavy atom. The fourth-order valence-electron chi connectivity index (χ4n) is 2.29. The van der Waals surface area contributed by atoms with E-state index < -0.39 is 5.97 Å². The minimum Gasteiger partial charge on any atom is -0.478 e. The van der Waals surface area contributed by atoms with Gasteiger partial charge in [0.15, 0.2) is 0 Å². The quantitative estimate of drug-likeness (QED) is 0.386. The fraction of sp³-hybridized carbons (Fsp3) is 0.824. The minimum atomic E-state index is -0.779. The van der Waals surface area contributed by atoms with Gasteiger partial charge in [-0.3, -0.25) is 0 Å². The number of carboxylic acids is 1. The number of allylic oxidation sites excluding steroid dienone is 1. The van der Waals surface area contributed by atoms with Gasteiger partial charge in [0.2, 0.25) is 0 Å². The molecule has 118 valence electrons. The molecule has 3 heteroatoms. The molecule has 0 unspecified atom stereocenters. The topological polar surface area (TPSA) is 49.3 Å². The van der Waals surface area contributed by atoms with Crippen LogP contribution in [0.2, 0.25) is 0 Å². The molecule has 0 saturated heterocycles. The molecule has 0 atom stereocenters. The third-order valence-corrected chi connectivity index (χ3v) is 3.62. The van der Waals surface area contributed by atoms with E-state index in [1.807, 2.05) is 13.8 Å². The van der Waals surface area contributed by atoms with Gasteiger partial charge in [-0.15, -0.1) is 0 Å². The number of aliphatic carboxylic acids is 1. The molecule has 0 radical (unpaired) electrons. The largest absolute Gasteiger partial charge is 0.478 e. The van der Waals surface area contributed by atoms with Crippen molar-refractivity contribution in [1.29, 1.82) is 0 Å². The van der Waals surface area contributed by atoms with Gasteiger partial charge in [-0.05, 0) is 39.8 Å². The standard InChI is InChI=1S/C17H33NO2/c1-4-5-6-7-8-9-10-11-13-18-14-12-16(15(2)3)17(19)20/h18H,4-14H2,1-3H3,(H,19,20). The van der Waals surface area contributed by atoms with Gasteiger partial charge < -0.3 is 10.4 Å². The Bertz CT molecular complexity index is 281. The highest BCUT2D eigenvalue weighted by molar-refractivity contribution is 5.87. The zero-order valence-electron chi connectivity index (χ0n) is 13.6. The van der Waals surface area contributed by atoms with Crippen molar-refractivity contribution in [3.63, 3.8) is 0 Å². The lowest BCUT2D eigenvalue weighted by Crippen LogP contribution is -2.19. The van der Waals surface area contributed by atoms with E-state index in [0.717, 1.165) is 18.7 Å². The average molecular weight is 283 g/mol. The predicted molar refractivity (Wildman–Crippen MR) is 86.1 cm³/mol. The van der Waals surface area contributed by atoms with Crippen LogP contribution < -0.4 is 5.32 Å². The fourth-order valence-corrected chi connectivity index (χ4v) is 2.29. The summed E-state index contributed by atoms with van der Waals surface area (Å²) in [5.74, 6) is -0.779. The highest BCUT2D eigenvalue weighted by Crippen LogP contribution is 2.09. The molecule has 0 bridgehead atoms. The summed E-state index contributed by atoms with van der Waals surface area (Å²) in [4.78, 5) is 11.0. The van der Waals surface area contributed by atoms with Crippen molar-refractivity contribution in [2.75, 3.05) is 13.1 Å². The van der Waals surface area contributed by atoms with Gasteiger partial charge >= 0.3 is 5.97 Å². The number of carbonyl (C=O) groups is 1. The monoisotopic (exact) mass is 283 g/mol. The van der Waals surface area contributed by atoms with Crippen LogP contribution >= 0.6 is 0 Å². The first-order valence-corrected chi connectivity index (χ1v) is 8.20. The number of unbranched alkanes of at least 4 members (excludes halogenated alkanes) is 7. The summed E-state index contributed by atoms with van der Waals surface area (Å²) in [5.41, 5.74) is 1.46. The van der Waals surface area contributed by atoms with E-state index in [9.17, 15) is 4.79 Å². The summed E-state index contributed by atoms with van der Waals surface area (Å²) in [6.07, 6.45) is 11.2. The van der Waals surface area contributed by atoms with E-state index >= 15 is 0 Å². The minimum absolute atomic E-state index is 0.549. The highest BCUT2D eigenvalue weighted by Gasteiger charge is 2.07. The average Bonchev–Trinajstić information content (AvgIpc) is 2.39. The Balaban J connectivity index is 3.37. The van der Waals surface area contributed by atoms with E-state index in [0.29, 0.717) is 12.0 Å². The molecule has 2 N–H and O–H groups in total. The van der Waals surface area contributed by atoms with Gasteiger partial charge in [0.05, 0.1) is 0 Å². The predicted octanol–water partition coefficient (Wildman–Crippen LogP) is 4.53. The molecule has 0 amide bonds. The molecule has 3 nitrogen and oxygen atoms in total. The van der Waals surface area contributed by atoms with Gasteiger partial charge in [0, 0.05) is 5.57 Å². The van der Waals surface area contributed by atoms with E-state index in [2.05, 4.69) is 12.2 Å². The van der Waals surface area contributed by atoms with Gasteiger partial charge in [-0.1, -0.05) is 57.4 Å². The smallest absolute Gasteiger partial charge is 0.331 e. The first kappa shape index (κ1) is 19.2. The van der Waals surface area contributed by atoms with E-state index in [1.165, 1.54) is 51.4 Å². The third kappa shape index (κ3) is 11.0. The molecule has 0 spiro atoms. The molecule has 20 heavy (non-hydrogen) atoms. The van der Waals surface area contributed by atoms with Crippen molar-refractivity contribution in [3.05, 3.63) is 11.1 Å². The first-order chi connectivity index (χ1) is 9.59. The van der Waals surface area contributed by atoms with Gasteiger partial charge in [0.1, 0.15) is 0 Å². The van der Waals surface area contributed by atoms with Crippen LogP contribution in [-0.2, 0) is 4.79 Å². The Labute approximate surface area is 124 Å². The summed E-state index contributed by atoms with van der Waals surface area (Å²) >= 11 is 0. The van der Waals surface area contributed by atoms with Crippen LogP contribution in [0, 0.1) is 0 Å². The molecule has 0 saturated carbocycles. The van der Waals surface area contributed by atoms with Crippen molar-refractivity contribution < 1.29 is 9.90 Å². The lowest BCUT2D eigenvalue weighted by molar-refractivity contribution is -0.132. The molecule has 0 aliphatic heterocycles. The van der Waals surface area contributed by atoms with Crippen LogP contribution in [-0.4, -0.2) is 24.2 Å². The van der Waals surface area contributed by atoms with Gasteiger partial charge in [-0.25, -0.2) is 4.79 Å². The molecule has 0 aromatic rings. The molecule has 0 aromatic heterocycles. The Kier molecular flexibility index (Phi) is 12.6. The summed E-state index contributed by atoms with van der Waals surface area (Å²) < 4.78 is 0. The van der Waals surface area contributed by atoms with Crippen LogP contribution in [0.1, 0.15) is 78.6 Å². The number of nitrogens with one attached hydrogen (secondary N) is 1. The number of rotatable bonds is 13. The molecule has 0 heterocycles. The highest BCUT2D eigenvalue weighted by atomic mass is 16.4. The molecule has 0 fully saturated rings. The van der Waals surface area contributed by atoms with Crippen LogP contribution in [0.15, 0.2) is 11.1 Å². The zero-order valence-corrected chi connectivity index (χ0v) is 13.6. The Morgan fingerprint density at radius 3 is 1.95 bits per heavy atom. The maximum absolute atomic E-state index is 11.0. The molecular weight excluding hydrogens is 250 g/mol. The lowest BCUT2D eigenvalue weighted by atomic mass is 10.1. The Hall–Kier alpha value is -0.830. The van der Waals surface area contributed by atoms with Crippen LogP contribution in [0.25, 0.3) is 0 Å². The molecule has 0 rings (SSSR count). The SMILES string of the molecule is CCCCCCCCCCNCCC(C(=O)O)=C(C)C. The van der Waals surface area contributed by atoms with Crippen molar-refractivity contribution in [2.24, 2.45) is 0 Å². The van der Waals surface area contributed by atoms with E-state index in [-0.39, 0.29) is 0 Å². The number of hydrogen-bond acceptors (Lipinski definition) is 2. The van der Waals surface area contributed by atoms with Crippen LogP contribution in [0.5, 0.6) is 0 Å². The van der Waals surface area contributed by atoms with Crippen molar-refractivity contribution in [1.82, 2.24) is 5.32 Å². The second-order valence-electron chi connectivity index (χ2n) is 5.76. The lowest BCUT2D eigenvalue weighted by Gasteiger charge is -2.07. The second-order valence-corrected chi connectivity index (χ2v) is 5.76. The zero-order chi connectivity index (χ0) is 15.2. The maximum atomic E-state index is 11.0. The first-order valence-electron chi connectivity index (χ1n) is 8.20.